The molecule has 0 saturated carbocycles. The molecule has 2 unspecified atom stereocenters. The lowest BCUT2D eigenvalue weighted by Gasteiger charge is -2.25. The molecule has 0 fully saturated rings. The molecule has 5 aromatic rings. The normalized spacial score (nSPS) is 12.4. The van der Waals surface area contributed by atoms with Crippen molar-refractivity contribution >= 4 is 10.8 Å². The average molecular weight is 465 g/mol. The van der Waals surface area contributed by atoms with Gasteiger partial charge in [-0.25, -0.2) is 0 Å². The summed E-state index contributed by atoms with van der Waals surface area (Å²) in [5, 5.41) is 25.1. The van der Waals surface area contributed by atoms with Gasteiger partial charge in [-0.2, -0.15) is 10.5 Å². The number of nitriles is 2. The maximum Gasteiger partial charge on any atom is 0.0998 e. The van der Waals surface area contributed by atoms with Crippen LogP contribution < -0.4 is 5.32 Å². The molecule has 4 heteroatoms. The summed E-state index contributed by atoms with van der Waals surface area (Å²) in [4.78, 5) is 4.36. The van der Waals surface area contributed by atoms with E-state index in [0.29, 0.717) is 11.1 Å². The first-order chi connectivity index (χ1) is 17.7. The quantitative estimate of drug-likeness (QED) is 0.291. The molecule has 0 radical (unpaired) electrons. The Morgan fingerprint density at radius 1 is 0.722 bits per heavy atom. The van der Waals surface area contributed by atoms with Crippen LogP contribution in [-0.4, -0.2) is 4.98 Å². The van der Waals surface area contributed by atoms with Crippen LogP contribution in [0, 0.1) is 22.7 Å². The van der Waals surface area contributed by atoms with E-state index in [1.54, 1.807) is 6.20 Å². The summed E-state index contributed by atoms with van der Waals surface area (Å²) in [5.41, 5.74) is 6.40. The molecule has 0 aliphatic rings. The number of hydrogen-bond acceptors (Lipinski definition) is 4. The van der Waals surface area contributed by atoms with Gasteiger partial charge in [0, 0.05) is 24.0 Å². The van der Waals surface area contributed by atoms with Crippen molar-refractivity contribution in [3.05, 3.63) is 137 Å². The van der Waals surface area contributed by atoms with Crippen molar-refractivity contribution in [2.45, 2.75) is 19.0 Å². The molecule has 5 rings (SSSR count). The standard InChI is InChI=1S/C32H24N4/c1-22(24-13-11-23(19-33)12-14-24)36-32(28-8-5-17-35-21-28)26-15-16-27(20-34)31(18-26)30-10-4-7-25-6-2-3-9-29(25)30/h2-18,21-22,32,36H,1H3. The highest BCUT2D eigenvalue weighted by molar-refractivity contribution is 5.97. The number of rotatable bonds is 6. The van der Waals surface area contributed by atoms with Gasteiger partial charge in [-0.1, -0.05) is 66.7 Å². The third-order valence-corrected chi connectivity index (χ3v) is 6.55. The monoisotopic (exact) mass is 464 g/mol. The predicted molar refractivity (Wildman–Crippen MR) is 143 cm³/mol. The predicted octanol–water partition coefficient (Wildman–Crippen LogP) is 7.09. The van der Waals surface area contributed by atoms with Crippen molar-refractivity contribution in [3.8, 4) is 23.3 Å². The maximum absolute atomic E-state index is 9.94. The summed E-state index contributed by atoms with van der Waals surface area (Å²) in [6.07, 6.45) is 3.64. The number of fused-ring (bicyclic) bond motifs is 1. The second-order valence-corrected chi connectivity index (χ2v) is 8.79. The lowest BCUT2D eigenvalue weighted by atomic mass is 9.90. The molecule has 0 aliphatic heterocycles. The molecule has 1 N–H and O–H groups in total. The SMILES string of the molecule is CC(NC(c1cccnc1)c1ccc(C#N)c(-c2cccc3ccccc23)c1)c1ccc(C#N)cc1. The van der Waals surface area contributed by atoms with Crippen molar-refractivity contribution in [3.63, 3.8) is 0 Å². The minimum Gasteiger partial charge on any atom is -0.300 e. The molecule has 4 aromatic carbocycles. The lowest BCUT2D eigenvalue weighted by Crippen LogP contribution is -2.26. The Morgan fingerprint density at radius 3 is 2.25 bits per heavy atom. The van der Waals surface area contributed by atoms with E-state index in [0.717, 1.165) is 38.6 Å². The summed E-state index contributed by atoms with van der Waals surface area (Å²) < 4.78 is 0. The highest BCUT2D eigenvalue weighted by Crippen LogP contribution is 2.34. The summed E-state index contributed by atoms with van der Waals surface area (Å²) in [6, 6.07) is 36.6. The zero-order valence-electron chi connectivity index (χ0n) is 19.9. The van der Waals surface area contributed by atoms with Crippen molar-refractivity contribution in [2.75, 3.05) is 0 Å². The van der Waals surface area contributed by atoms with Gasteiger partial charge in [-0.05, 0) is 70.3 Å². The molecule has 0 saturated heterocycles. The van der Waals surface area contributed by atoms with Gasteiger partial charge in [0.2, 0.25) is 0 Å². The van der Waals surface area contributed by atoms with Gasteiger partial charge in [0.15, 0.2) is 0 Å². The van der Waals surface area contributed by atoms with Crippen LogP contribution in [0.1, 0.15) is 46.8 Å². The van der Waals surface area contributed by atoms with Crippen molar-refractivity contribution in [2.24, 2.45) is 0 Å². The van der Waals surface area contributed by atoms with E-state index >= 15 is 0 Å². The van der Waals surface area contributed by atoms with Gasteiger partial charge in [0.05, 0.1) is 29.3 Å². The number of nitrogens with one attached hydrogen (secondary N) is 1. The summed E-state index contributed by atoms with van der Waals surface area (Å²) in [7, 11) is 0. The Labute approximate surface area is 211 Å². The molecule has 0 aliphatic carbocycles. The zero-order chi connectivity index (χ0) is 24.9. The molecule has 1 aromatic heterocycles. The molecule has 2 atom stereocenters. The van der Waals surface area contributed by atoms with Gasteiger partial charge in [-0.3, -0.25) is 10.3 Å². The molecule has 172 valence electrons. The molecule has 36 heavy (non-hydrogen) atoms. The van der Waals surface area contributed by atoms with E-state index in [9.17, 15) is 5.26 Å². The third kappa shape index (κ3) is 4.59. The Kier molecular flexibility index (Phi) is 6.54. The minimum absolute atomic E-state index is 0.0135. The van der Waals surface area contributed by atoms with Gasteiger partial charge >= 0.3 is 0 Å². The van der Waals surface area contributed by atoms with Crippen LogP contribution in [0.4, 0.5) is 0 Å². The molecule has 0 amide bonds. The van der Waals surface area contributed by atoms with Crippen LogP contribution >= 0.6 is 0 Å². The fourth-order valence-electron chi connectivity index (χ4n) is 4.65. The highest BCUT2D eigenvalue weighted by Gasteiger charge is 2.20. The topological polar surface area (TPSA) is 72.5 Å². The fraction of sp³-hybridized carbons (Fsp3) is 0.0938. The summed E-state index contributed by atoms with van der Waals surface area (Å²) in [6.45, 7) is 2.11. The van der Waals surface area contributed by atoms with Crippen LogP contribution in [0.15, 0.2) is 109 Å². The Morgan fingerprint density at radius 2 is 1.50 bits per heavy atom. The number of hydrogen-bond donors (Lipinski definition) is 1. The molecule has 0 bridgehead atoms. The van der Waals surface area contributed by atoms with Gasteiger partial charge in [0.1, 0.15) is 0 Å². The first-order valence-electron chi connectivity index (χ1n) is 11.9. The molecular weight excluding hydrogens is 440 g/mol. The zero-order valence-corrected chi connectivity index (χ0v) is 19.9. The molecular formula is C32H24N4. The Hall–Kier alpha value is -4.77. The van der Waals surface area contributed by atoms with Crippen LogP contribution in [0.5, 0.6) is 0 Å². The molecule has 4 nitrogen and oxygen atoms in total. The van der Waals surface area contributed by atoms with Crippen LogP contribution in [0.3, 0.4) is 0 Å². The van der Waals surface area contributed by atoms with E-state index in [1.807, 2.05) is 66.9 Å². The van der Waals surface area contributed by atoms with Gasteiger partial charge in [0.25, 0.3) is 0 Å². The number of pyridine rings is 1. The number of nitrogens with zero attached hydrogens (tertiary/aromatic N) is 3. The number of aromatic nitrogens is 1. The van der Waals surface area contributed by atoms with Crippen molar-refractivity contribution < 1.29 is 0 Å². The van der Waals surface area contributed by atoms with E-state index in [-0.39, 0.29) is 12.1 Å². The fourth-order valence-corrected chi connectivity index (χ4v) is 4.65. The lowest BCUT2D eigenvalue weighted by molar-refractivity contribution is 0.515. The second kappa shape index (κ2) is 10.2. The first-order valence-corrected chi connectivity index (χ1v) is 11.9. The highest BCUT2D eigenvalue weighted by atomic mass is 14.9. The van der Waals surface area contributed by atoms with E-state index in [4.69, 9.17) is 5.26 Å². The number of benzene rings is 4. The van der Waals surface area contributed by atoms with E-state index in [1.165, 1.54) is 0 Å². The van der Waals surface area contributed by atoms with Crippen molar-refractivity contribution in [1.29, 1.82) is 10.5 Å². The summed E-state index contributed by atoms with van der Waals surface area (Å²) in [5.74, 6) is 0. The average Bonchev–Trinajstić information content (AvgIpc) is 2.95. The van der Waals surface area contributed by atoms with Gasteiger partial charge in [-0.15, -0.1) is 0 Å². The maximum atomic E-state index is 9.94. The van der Waals surface area contributed by atoms with Crippen molar-refractivity contribution in [1.82, 2.24) is 10.3 Å². The van der Waals surface area contributed by atoms with Crippen LogP contribution in [-0.2, 0) is 0 Å². The van der Waals surface area contributed by atoms with E-state index < -0.39 is 0 Å². The molecule has 0 spiro atoms. The minimum atomic E-state index is -0.147. The second-order valence-electron chi connectivity index (χ2n) is 8.79. The van der Waals surface area contributed by atoms with E-state index in [2.05, 4.69) is 65.8 Å². The largest absolute Gasteiger partial charge is 0.300 e. The third-order valence-electron chi connectivity index (χ3n) is 6.55. The smallest absolute Gasteiger partial charge is 0.0998 e. The van der Waals surface area contributed by atoms with Crippen LogP contribution in [0.25, 0.3) is 21.9 Å². The molecule has 1 heterocycles. The first kappa shape index (κ1) is 23.0. The van der Waals surface area contributed by atoms with Crippen LogP contribution in [0.2, 0.25) is 0 Å². The van der Waals surface area contributed by atoms with Gasteiger partial charge < -0.3 is 0 Å². The Bertz CT molecular complexity index is 1590. The Balaban J connectivity index is 1.60. The summed E-state index contributed by atoms with van der Waals surface area (Å²) >= 11 is 0.